The molecule has 0 fully saturated rings. The maximum Gasteiger partial charge on any atom is 0.393 e. The van der Waals surface area contributed by atoms with Gasteiger partial charge in [0.25, 0.3) is 0 Å². The predicted octanol–water partition coefficient (Wildman–Crippen LogP) is 3.07. The summed E-state index contributed by atoms with van der Waals surface area (Å²) in [5, 5.41) is 14.3. The maximum absolute atomic E-state index is 12.3. The fourth-order valence-electron chi connectivity index (χ4n) is 1.67. The van der Waals surface area contributed by atoms with Gasteiger partial charge in [-0.25, -0.2) is 4.79 Å². The number of hydrogen-bond donors (Lipinski definition) is 3. The minimum Gasteiger partial charge on any atom is -0.394 e. The highest BCUT2D eigenvalue weighted by molar-refractivity contribution is 5.89. The molecule has 1 aromatic rings. The average Bonchev–Trinajstić information content (AvgIpc) is 2.36. The number of halogens is 3. The zero-order valence-corrected chi connectivity index (χ0v) is 11.9. The summed E-state index contributed by atoms with van der Waals surface area (Å²) in [6, 6.07) is 5.00. The van der Waals surface area contributed by atoms with Crippen LogP contribution in [0.5, 0.6) is 0 Å². The summed E-state index contributed by atoms with van der Waals surface area (Å²) < 4.78 is 37.0. The summed E-state index contributed by atoms with van der Waals surface area (Å²) in [5.41, 5.74) is -0.431. The Kier molecular flexibility index (Phi) is 5.60. The van der Waals surface area contributed by atoms with Gasteiger partial charge in [-0.15, -0.1) is 0 Å². The first-order valence-corrected chi connectivity index (χ1v) is 6.53. The molecule has 0 aliphatic heterocycles. The SMILES string of the molecule is CCC(C)(CO)NC(=O)Nc1cccc(CC(F)(F)F)c1. The van der Waals surface area contributed by atoms with Crippen molar-refractivity contribution in [1.82, 2.24) is 5.32 Å². The summed E-state index contributed by atoms with van der Waals surface area (Å²) in [5.74, 6) is 0. The van der Waals surface area contributed by atoms with Gasteiger partial charge in [-0.3, -0.25) is 0 Å². The number of nitrogens with one attached hydrogen (secondary N) is 2. The van der Waals surface area contributed by atoms with Crippen molar-refractivity contribution < 1.29 is 23.1 Å². The monoisotopic (exact) mass is 304 g/mol. The summed E-state index contributed by atoms with van der Waals surface area (Å²) in [6.45, 7) is 3.25. The van der Waals surface area contributed by atoms with Crippen molar-refractivity contribution in [2.75, 3.05) is 11.9 Å². The molecule has 0 aromatic heterocycles. The van der Waals surface area contributed by atoms with E-state index in [1.807, 2.05) is 0 Å². The van der Waals surface area contributed by atoms with Crippen LogP contribution < -0.4 is 10.6 Å². The standard InChI is InChI=1S/C14H19F3N2O2/c1-3-13(2,9-20)19-12(21)18-11-6-4-5-10(7-11)8-14(15,16)17/h4-7,20H,3,8-9H2,1-2H3,(H2,18,19,21). The first-order valence-electron chi connectivity index (χ1n) is 6.53. The third-order valence-electron chi connectivity index (χ3n) is 3.13. The number of rotatable bonds is 5. The lowest BCUT2D eigenvalue weighted by molar-refractivity contribution is -0.127. The molecule has 1 aromatic carbocycles. The molecule has 1 unspecified atom stereocenters. The molecule has 0 aliphatic carbocycles. The Balaban J connectivity index is 2.71. The van der Waals surface area contributed by atoms with Crippen LogP contribution in [0.3, 0.4) is 0 Å². The van der Waals surface area contributed by atoms with E-state index in [0.717, 1.165) is 0 Å². The van der Waals surface area contributed by atoms with Crippen molar-refractivity contribution >= 4 is 11.7 Å². The molecule has 118 valence electrons. The first kappa shape index (κ1) is 17.3. The number of alkyl halides is 3. The van der Waals surface area contributed by atoms with Gasteiger partial charge < -0.3 is 15.7 Å². The molecule has 0 aliphatic rings. The van der Waals surface area contributed by atoms with Gasteiger partial charge in [-0.2, -0.15) is 13.2 Å². The third-order valence-corrected chi connectivity index (χ3v) is 3.13. The molecule has 2 amide bonds. The molecule has 1 rings (SSSR count). The van der Waals surface area contributed by atoms with Crippen LogP contribution in [0.4, 0.5) is 23.7 Å². The molecule has 0 bridgehead atoms. The van der Waals surface area contributed by atoms with Crippen molar-refractivity contribution in [3.05, 3.63) is 29.8 Å². The number of benzene rings is 1. The van der Waals surface area contributed by atoms with Crippen LogP contribution in [0.2, 0.25) is 0 Å². The Morgan fingerprint density at radius 1 is 1.33 bits per heavy atom. The van der Waals surface area contributed by atoms with Gasteiger partial charge in [-0.1, -0.05) is 19.1 Å². The zero-order valence-electron chi connectivity index (χ0n) is 11.9. The van der Waals surface area contributed by atoms with E-state index >= 15 is 0 Å². The minimum absolute atomic E-state index is 0.0701. The molecule has 7 heteroatoms. The van der Waals surface area contributed by atoms with Gasteiger partial charge in [0.1, 0.15) is 0 Å². The number of hydrogen-bond acceptors (Lipinski definition) is 2. The van der Waals surface area contributed by atoms with Crippen LogP contribution in [0, 0.1) is 0 Å². The third kappa shape index (κ3) is 6.03. The summed E-state index contributed by atoms with van der Waals surface area (Å²) >= 11 is 0. The Hall–Kier alpha value is -1.76. The molecule has 1 atom stereocenters. The number of aliphatic hydroxyl groups excluding tert-OH is 1. The highest BCUT2D eigenvalue weighted by Gasteiger charge is 2.27. The van der Waals surface area contributed by atoms with Gasteiger partial charge in [-0.05, 0) is 31.0 Å². The van der Waals surface area contributed by atoms with Gasteiger partial charge in [0.05, 0.1) is 18.6 Å². The number of carbonyl (C=O) groups excluding carboxylic acids is 1. The zero-order chi connectivity index (χ0) is 16.1. The highest BCUT2D eigenvalue weighted by atomic mass is 19.4. The Morgan fingerprint density at radius 2 is 2.00 bits per heavy atom. The van der Waals surface area contributed by atoms with Crippen molar-refractivity contribution in [2.45, 2.75) is 38.4 Å². The van der Waals surface area contributed by atoms with Crippen molar-refractivity contribution in [3.8, 4) is 0 Å². The van der Waals surface area contributed by atoms with Gasteiger partial charge in [0.15, 0.2) is 0 Å². The minimum atomic E-state index is -4.29. The predicted molar refractivity (Wildman–Crippen MR) is 74.1 cm³/mol. The number of aliphatic hydroxyl groups is 1. The molecule has 0 spiro atoms. The lowest BCUT2D eigenvalue weighted by Gasteiger charge is -2.27. The first-order chi connectivity index (χ1) is 9.67. The average molecular weight is 304 g/mol. The lowest BCUT2D eigenvalue weighted by Crippen LogP contribution is -2.50. The Bertz CT molecular complexity index is 485. The fraction of sp³-hybridized carbons (Fsp3) is 0.500. The van der Waals surface area contributed by atoms with E-state index in [9.17, 15) is 23.1 Å². The van der Waals surface area contributed by atoms with E-state index in [1.165, 1.54) is 24.3 Å². The number of amides is 2. The van der Waals surface area contributed by atoms with E-state index in [1.54, 1.807) is 13.8 Å². The van der Waals surface area contributed by atoms with Crippen molar-refractivity contribution in [2.24, 2.45) is 0 Å². The van der Waals surface area contributed by atoms with E-state index in [2.05, 4.69) is 10.6 Å². The van der Waals surface area contributed by atoms with Crippen molar-refractivity contribution in [1.29, 1.82) is 0 Å². The van der Waals surface area contributed by atoms with Gasteiger partial charge in [0.2, 0.25) is 0 Å². The Morgan fingerprint density at radius 3 is 2.52 bits per heavy atom. The highest BCUT2D eigenvalue weighted by Crippen LogP contribution is 2.23. The number of urea groups is 1. The van der Waals surface area contributed by atoms with E-state index in [-0.39, 0.29) is 17.9 Å². The molecule has 21 heavy (non-hydrogen) atoms. The summed E-state index contributed by atoms with van der Waals surface area (Å²) in [7, 11) is 0. The number of anilines is 1. The quantitative estimate of drug-likeness (QED) is 0.783. The van der Waals surface area contributed by atoms with Crippen LogP contribution in [-0.4, -0.2) is 29.5 Å². The van der Waals surface area contributed by atoms with E-state index in [0.29, 0.717) is 6.42 Å². The maximum atomic E-state index is 12.3. The van der Waals surface area contributed by atoms with Gasteiger partial charge >= 0.3 is 12.2 Å². The van der Waals surface area contributed by atoms with Crippen molar-refractivity contribution in [3.63, 3.8) is 0 Å². The molecule has 3 N–H and O–H groups in total. The molecule has 0 radical (unpaired) electrons. The second-order valence-corrected chi connectivity index (χ2v) is 5.14. The molecule has 0 heterocycles. The van der Waals surface area contributed by atoms with Crippen LogP contribution >= 0.6 is 0 Å². The normalized spacial score (nSPS) is 14.4. The molecule has 4 nitrogen and oxygen atoms in total. The number of carbonyl (C=O) groups is 1. The fourth-order valence-corrected chi connectivity index (χ4v) is 1.67. The second-order valence-electron chi connectivity index (χ2n) is 5.14. The van der Waals surface area contributed by atoms with Crippen LogP contribution in [0.15, 0.2) is 24.3 Å². The van der Waals surface area contributed by atoms with Crippen LogP contribution in [0.1, 0.15) is 25.8 Å². The largest absolute Gasteiger partial charge is 0.394 e. The molecular formula is C14H19F3N2O2. The Labute approximate surface area is 121 Å². The van der Waals surface area contributed by atoms with E-state index in [4.69, 9.17) is 0 Å². The molecular weight excluding hydrogens is 285 g/mol. The lowest BCUT2D eigenvalue weighted by atomic mass is 10.0. The van der Waals surface area contributed by atoms with E-state index < -0.39 is 24.2 Å². The molecule has 0 saturated carbocycles. The van der Waals surface area contributed by atoms with Gasteiger partial charge in [0, 0.05) is 5.69 Å². The second kappa shape index (κ2) is 6.80. The topological polar surface area (TPSA) is 61.4 Å². The molecule has 0 saturated heterocycles. The summed E-state index contributed by atoms with van der Waals surface area (Å²) in [6.07, 6.45) is -4.82. The summed E-state index contributed by atoms with van der Waals surface area (Å²) in [4.78, 5) is 11.8. The smallest absolute Gasteiger partial charge is 0.393 e. The van der Waals surface area contributed by atoms with Crippen LogP contribution in [0.25, 0.3) is 0 Å². The van der Waals surface area contributed by atoms with Crippen LogP contribution in [-0.2, 0) is 6.42 Å².